The van der Waals surface area contributed by atoms with E-state index in [4.69, 9.17) is 0 Å². The van der Waals surface area contributed by atoms with Crippen LogP contribution in [0, 0.1) is 6.92 Å². The summed E-state index contributed by atoms with van der Waals surface area (Å²) >= 11 is 0. The number of hydrogen-bond acceptors (Lipinski definition) is 4. The lowest BCUT2D eigenvalue weighted by Gasteiger charge is -2.39. The van der Waals surface area contributed by atoms with Gasteiger partial charge in [0, 0.05) is 49.8 Å². The maximum atomic E-state index is 12.4. The van der Waals surface area contributed by atoms with E-state index in [0.29, 0.717) is 18.7 Å². The number of hydrogen-bond donors (Lipinski definition) is 0. The number of imidazole rings is 1. The van der Waals surface area contributed by atoms with E-state index in [1.165, 1.54) is 0 Å². The molecular formula is C19H19N5O. The number of aryl methyl sites for hydroxylation is 1. The molecule has 0 bridgehead atoms. The van der Waals surface area contributed by atoms with Gasteiger partial charge in [-0.25, -0.2) is 4.98 Å². The normalized spacial score (nSPS) is 14.4. The van der Waals surface area contributed by atoms with Gasteiger partial charge in [0.25, 0.3) is 5.91 Å². The summed E-state index contributed by atoms with van der Waals surface area (Å²) in [6.07, 6.45) is 8.84. The van der Waals surface area contributed by atoms with E-state index in [9.17, 15) is 4.79 Å². The molecule has 0 radical (unpaired) electrons. The summed E-state index contributed by atoms with van der Waals surface area (Å²) in [5.74, 6) is 1.34. The molecule has 0 saturated carbocycles. The van der Waals surface area contributed by atoms with Crippen LogP contribution in [0.2, 0.25) is 0 Å². The van der Waals surface area contributed by atoms with Crippen LogP contribution in [0.3, 0.4) is 0 Å². The molecule has 3 aromatic heterocycles. The molecule has 6 heteroatoms. The van der Waals surface area contributed by atoms with Crippen molar-refractivity contribution in [2.75, 3.05) is 13.1 Å². The SMILES string of the molecule is Cc1cnc(C2CN(C(=O)c3cccnc3)C2)n1Cc1cccnc1. The zero-order valence-corrected chi connectivity index (χ0v) is 14.0. The molecule has 3 aromatic rings. The van der Waals surface area contributed by atoms with Crippen LogP contribution in [0.4, 0.5) is 0 Å². The standard InChI is InChI=1S/C19H19N5O/c1-14-8-22-18(24(14)11-15-4-2-6-20-9-15)17-12-23(13-17)19(25)16-5-3-7-21-10-16/h2-10,17H,11-13H2,1H3. The molecule has 1 saturated heterocycles. The Morgan fingerprint density at radius 1 is 1.12 bits per heavy atom. The lowest BCUT2D eigenvalue weighted by Crippen LogP contribution is -2.49. The number of likely N-dealkylation sites (tertiary alicyclic amines) is 1. The van der Waals surface area contributed by atoms with Crippen LogP contribution < -0.4 is 0 Å². The second kappa shape index (κ2) is 6.47. The van der Waals surface area contributed by atoms with Gasteiger partial charge in [0.15, 0.2) is 0 Å². The van der Waals surface area contributed by atoms with Crippen LogP contribution in [0.5, 0.6) is 0 Å². The molecule has 0 unspecified atom stereocenters. The van der Waals surface area contributed by atoms with Crippen LogP contribution in [-0.2, 0) is 6.54 Å². The highest BCUT2D eigenvalue weighted by Gasteiger charge is 2.35. The second-order valence-corrected chi connectivity index (χ2v) is 6.35. The molecule has 1 fully saturated rings. The number of carbonyl (C=O) groups excluding carboxylic acids is 1. The molecule has 1 aliphatic heterocycles. The third-order valence-electron chi connectivity index (χ3n) is 4.59. The van der Waals surface area contributed by atoms with Gasteiger partial charge in [-0.15, -0.1) is 0 Å². The fourth-order valence-electron chi connectivity index (χ4n) is 3.16. The average Bonchev–Trinajstić information content (AvgIpc) is 2.96. The Labute approximate surface area is 146 Å². The Bertz CT molecular complexity index is 869. The van der Waals surface area contributed by atoms with Gasteiger partial charge in [-0.05, 0) is 30.7 Å². The third kappa shape index (κ3) is 3.03. The molecule has 126 valence electrons. The van der Waals surface area contributed by atoms with E-state index in [2.05, 4.69) is 32.5 Å². The fourth-order valence-corrected chi connectivity index (χ4v) is 3.16. The Balaban J connectivity index is 1.47. The molecule has 0 aromatic carbocycles. The van der Waals surface area contributed by atoms with E-state index in [1.54, 1.807) is 30.7 Å². The van der Waals surface area contributed by atoms with Gasteiger partial charge < -0.3 is 9.47 Å². The van der Waals surface area contributed by atoms with Gasteiger partial charge in [-0.3, -0.25) is 14.8 Å². The fraction of sp³-hybridized carbons (Fsp3) is 0.263. The quantitative estimate of drug-likeness (QED) is 0.735. The monoisotopic (exact) mass is 333 g/mol. The van der Waals surface area contributed by atoms with Gasteiger partial charge in [0.2, 0.25) is 0 Å². The minimum atomic E-state index is 0.0337. The van der Waals surface area contributed by atoms with E-state index in [-0.39, 0.29) is 11.8 Å². The first-order chi connectivity index (χ1) is 12.2. The molecule has 4 rings (SSSR count). The summed E-state index contributed by atoms with van der Waals surface area (Å²) in [5, 5.41) is 0. The summed E-state index contributed by atoms with van der Waals surface area (Å²) in [6.45, 7) is 4.20. The smallest absolute Gasteiger partial charge is 0.255 e. The van der Waals surface area contributed by atoms with Crippen molar-refractivity contribution in [2.45, 2.75) is 19.4 Å². The maximum absolute atomic E-state index is 12.4. The van der Waals surface area contributed by atoms with Gasteiger partial charge in [0.1, 0.15) is 5.82 Å². The minimum absolute atomic E-state index is 0.0337. The molecule has 4 heterocycles. The van der Waals surface area contributed by atoms with Gasteiger partial charge >= 0.3 is 0 Å². The lowest BCUT2D eigenvalue weighted by atomic mass is 9.98. The van der Waals surface area contributed by atoms with Crippen LogP contribution in [0.25, 0.3) is 0 Å². The number of carbonyl (C=O) groups is 1. The first kappa shape index (κ1) is 15.5. The van der Waals surface area contributed by atoms with Gasteiger partial charge in [-0.2, -0.15) is 0 Å². The largest absolute Gasteiger partial charge is 0.337 e. The zero-order chi connectivity index (χ0) is 17.2. The Kier molecular flexibility index (Phi) is 4.01. The highest BCUT2D eigenvalue weighted by molar-refractivity contribution is 5.94. The minimum Gasteiger partial charge on any atom is -0.337 e. The van der Waals surface area contributed by atoms with E-state index >= 15 is 0 Å². The molecule has 1 amide bonds. The third-order valence-corrected chi connectivity index (χ3v) is 4.59. The van der Waals surface area contributed by atoms with Gasteiger partial charge in [-0.1, -0.05) is 6.07 Å². The summed E-state index contributed by atoms with van der Waals surface area (Å²) < 4.78 is 2.22. The van der Waals surface area contributed by atoms with Crippen molar-refractivity contribution in [3.63, 3.8) is 0 Å². The number of aromatic nitrogens is 4. The van der Waals surface area contributed by atoms with Crippen molar-refractivity contribution in [2.24, 2.45) is 0 Å². The van der Waals surface area contributed by atoms with Crippen molar-refractivity contribution >= 4 is 5.91 Å². The van der Waals surface area contributed by atoms with E-state index in [1.807, 2.05) is 23.4 Å². The van der Waals surface area contributed by atoms with Crippen LogP contribution in [-0.4, -0.2) is 43.4 Å². The number of pyridine rings is 2. The van der Waals surface area contributed by atoms with Crippen molar-refractivity contribution in [1.29, 1.82) is 0 Å². The number of amides is 1. The van der Waals surface area contributed by atoms with Gasteiger partial charge in [0.05, 0.1) is 18.0 Å². The first-order valence-electron chi connectivity index (χ1n) is 8.32. The summed E-state index contributed by atoms with van der Waals surface area (Å²) in [5.41, 5.74) is 2.90. The second-order valence-electron chi connectivity index (χ2n) is 6.35. The highest BCUT2D eigenvalue weighted by atomic mass is 16.2. The van der Waals surface area contributed by atoms with Crippen LogP contribution >= 0.6 is 0 Å². The topological polar surface area (TPSA) is 63.9 Å². The molecule has 0 N–H and O–H groups in total. The van der Waals surface area contributed by atoms with Crippen LogP contribution in [0.1, 0.15) is 33.4 Å². The highest BCUT2D eigenvalue weighted by Crippen LogP contribution is 2.28. The van der Waals surface area contributed by atoms with Crippen molar-refractivity contribution in [3.05, 3.63) is 77.9 Å². The van der Waals surface area contributed by atoms with E-state index < -0.39 is 0 Å². The summed E-state index contributed by atoms with van der Waals surface area (Å²) in [7, 11) is 0. The lowest BCUT2D eigenvalue weighted by molar-refractivity contribution is 0.0591. The molecular weight excluding hydrogens is 314 g/mol. The predicted molar refractivity (Wildman–Crippen MR) is 93.2 cm³/mol. The Morgan fingerprint density at radius 2 is 1.88 bits per heavy atom. The molecule has 0 aliphatic carbocycles. The molecule has 0 spiro atoms. The van der Waals surface area contributed by atoms with Crippen molar-refractivity contribution in [3.8, 4) is 0 Å². The molecule has 0 atom stereocenters. The molecule has 6 nitrogen and oxygen atoms in total. The predicted octanol–water partition coefficient (Wildman–Crippen LogP) is 2.27. The zero-order valence-electron chi connectivity index (χ0n) is 14.0. The number of nitrogens with zero attached hydrogens (tertiary/aromatic N) is 5. The van der Waals surface area contributed by atoms with E-state index in [0.717, 1.165) is 23.6 Å². The maximum Gasteiger partial charge on any atom is 0.255 e. The molecule has 25 heavy (non-hydrogen) atoms. The summed E-state index contributed by atoms with van der Waals surface area (Å²) in [4.78, 5) is 27.1. The van der Waals surface area contributed by atoms with Crippen molar-refractivity contribution in [1.82, 2.24) is 24.4 Å². The molecule has 1 aliphatic rings. The Hall–Kier alpha value is -3.02. The van der Waals surface area contributed by atoms with Crippen molar-refractivity contribution < 1.29 is 4.79 Å². The Morgan fingerprint density at radius 3 is 2.56 bits per heavy atom. The number of rotatable bonds is 4. The first-order valence-corrected chi connectivity index (χ1v) is 8.32. The summed E-state index contributed by atoms with van der Waals surface area (Å²) in [6, 6.07) is 7.60. The van der Waals surface area contributed by atoms with Crippen LogP contribution in [0.15, 0.2) is 55.2 Å². The average molecular weight is 333 g/mol.